The zero-order valence-corrected chi connectivity index (χ0v) is 6.49. The van der Waals surface area contributed by atoms with Gasteiger partial charge in [0.25, 0.3) is 0 Å². The Hall–Kier alpha value is -1.36. The van der Waals surface area contributed by atoms with Crippen molar-refractivity contribution < 1.29 is 24.5 Å². The maximum atomic E-state index is 10.5. The van der Waals surface area contributed by atoms with Crippen molar-refractivity contribution in [1.82, 2.24) is 0 Å². The van der Waals surface area contributed by atoms with E-state index in [1.54, 1.807) is 6.08 Å². The summed E-state index contributed by atoms with van der Waals surface area (Å²) in [6, 6.07) is 0. The fraction of sp³-hybridized carbons (Fsp3) is 0.429. The number of rotatable bonds is 6. The van der Waals surface area contributed by atoms with Gasteiger partial charge in [-0.25, -0.2) is 4.79 Å². The van der Waals surface area contributed by atoms with Gasteiger partial charge in [-0.05, 0) is 6.42 Å². The summed E-state index contributed by atoms with van der Waals surface area (Å²) in [5.74, 6) is -2.15. The Balaban J connectivity index is 3.31. The second kappa shape index (κ2) is 6.36. The standard InChI is InChI=1S/C7H10O5/c1-2-3-4-11-12-7(10)5-6(8)9/h2H,1,3-5H2,(H,8,9). The maximum Gasteiger partial charge on any atom is 0.353 e. The van der Waals surface area contributed by atoms with Gasteiger partial charge in [0.15, 0.2) is 0 Å². The van der Waals surface area contributed by atoms with Crippen LogP contribution >= 0.6 is 0 Å². The summed E-state index contributed by atoms with van der Waals surface area (Å²) < 4.78 is 0. The van der Waals surface area contributed by atoms with E-state index < -0.39 is 18.4 Å². The highest BCUT2D eigenvalue weighted by molar-refractivity contribution is 5.89. The summed E-state index contributed by atoms with van der Waals surface area (Å²) in [6.45, 7) is 3.60. The van der Waals surface area contributed by atoms with E-state index in [1.165, 1.54) is 0 Å². The molecule has 0 spiro atoms. The van der Waals surface area contributed by atoms with Crippen molar-refractivity contribution in [3.63, 3.8) is 0 Å². The predicted octanol–water partition coefficient (Wildman–Crippen LogP) is 0.512. The van der Waals surface area contributed by atoms with Crippen LogP contribution in [0.3, 0.4) is 0 Å². The first kappa shape index (κ1) is 10.6. The molecule has 0 heterocycles. The first-order chi connectivity index (χ1) is 5.66. The minimum atomic E-state index is -1.24. The van der Waals surface area contributed by atoms with E-state index in [1.807, 2.05) is 0 Å². The molecule has 0 aromatic rings. The lowest BCUT2D eigenvalue weighted by Crippen LogP contribution is -2.11. The second-order valence-corrected chi connectivity index (χ2v) is 1.93. The quantitative estimate of drug-likeness (QED) is 0.209. The number of hydrogen-bond acceptors (Lipinski definition) is 4. The molecule has 0 unspecified atom stereocenters. The fourth-order valence-corrected chi connectivity index (χ4v) is 0.392. The topological polar surface area (TPSA) is 72.8 Å². The Kier molecular flexibility index (Phi) is 5.64. The first-order valence-electron chi connectivity index (χ1n) is 3.31. The van der Waals surface area contributed by atoms with E-state index in [0.717, 1.165) is 0 Å². The van der Waals surface area contributed by atoms with Crippen LogP contribution in [0.5, 0.6) is 0 Å². The number of hydrogen-bond donors (Lipinski definition) is 1. The molecule has 0 rings (SSSR count). The van der Waals surface area contributed by atoms with Gasteiger partial charge in [0.2, 0.25) is 0 Å². The third-order valence-electron chi connectivity index (χ3n) is 0.853. The van der Waals surface area contributed by atoms with Crippen LogP contribution in [0.25, 0.3) is 0 Å². The molecule has 0 aromatic carbocycles. The Morgan fingerprint density at radius 2 is 2.17 bits per heavy atom. The Labute approximate surface area is 69.5 Å². The van der Waals surface area contributed by atoms with Crippen molar-refractivity contribution in [1.29, 1.82) is 0 Å². The lowest BCUT2D eigenvalue weighted by molar-refractivity contribution is -0.271. The van der Waals surface area contributed by atoms with Crippen molar-refractivity contribution in [2.24, 2.45) is 0 Å². The van der Waals surface area contributed by atoms with E-state index in [-0.39, 0.29) is 6.61 Å². The molecule has 0 fully saturated rings. The number of carboxylic acids is 1. The maximum absolute atomic E-state index is 10.5. The third-order valence-corrected chi connectivity index (χ3v) is 0.853. The monoisotopic (exact) mass is 174 g/mol. The van der Waals surface area contributed by atoms with Crippen molar-refractivity contribution in [3.05, 3.63) is 12.7 Å². The van der Waals surface area contributed by atoms with E-state index in [0.29, 0.717) is 6.42 Å². The number of carbonyl (C=O) groups is 2. The van der Waals surface area contributed by atoms with Gasteiger partial charge in [-0.15, -0.1) is 6.58 Å². The van der Waals surface area contributed by atoms with Crippen LogP contribution in [-0.2, 0) is 19.4 Å². The molecule has 12 heavy (non-hydrogen) atoms. The van der Waals surface area contributed by atoms with Crippen LogP contribution in [0, 0.1) is 0 Å². The van der Waals surface area contributed by atoms with Gasteiger partial charge in [-0.3, -0.25) is 9.68 Å². The second-order valence-electron chi connectivity index (χ2n) is 1.93. The molecule has 68 valence electrons. The lowest BCUT2D eigenvalue weighted by atomic mass is 10.4. The summed E-state index contributed by atoms with van der Waals surface area (Å²) in [7, 11) is 0. The summed E-state index contributed by atoms with van der Waals surface area (Å²) in [4.78, 5) is 28.8. The largest absolute Gasteiger partial charge is 0.481 e. The Morgan fingerprint density at radius 3 is 2.67 bits per heavy atom. The summed E-state index contributed by atoms with van der Waals surface area (Å²) >= 11 is 0. The van der Waals surface area contributed by atoms with Crippen LogP contribution in [0.2, 0.25) is 0 Å². The van der Waals surface area contributed by atoms with Gasteiger partial charge >= 0.3 is 11.9 Å². The number of carboxylic acid groups (broad SMARTS) is 1. The van der Waals surface area contributed by atoms with Crippen molar-refractivity contribution in [2.45, 2.75) is 12.8 Å². The predicted molar refractivity (Wildman–Crippen MR) is 39.1 cm³/mol. The van der Waals surface area contributed by atoms with Crippen molar-refractivity contribution >= 4 is 11.9 Å². The molecule has 0 saturated carbocycles. The van der Waals surface area contributed by atoms with E-state index >= 15 is 0 Å². The van der Waals surface area contributed by atoms with Gasteiger partial charge in [0.1, 0.15) is 6.42 Å². The summed E-state index contributed by atoms with van der Waals surface area (Å²) in [5, 5.41) is 8.11. The van der Waals surface area contributed by atoms with Gasteiger partial charge in [-0.2, -0.15) is 4.89 Å². The van der Waals surface area contributed by atoms with Crippen LogP contribution in [0.1, 0.15) is 12.8 Å². The van der Waals surface area contributed by atoms with Gasteiger partial charge in [0, 0.05) is 0 Å². The highest BCUT2D eigenvalue weighted by Gasteiger charge is 2.09. The molecule has 0 aliphatic heterocycles. The molecule has 5 heteroatoms. The molecule has 0 aliphatic carbocycles. The van der Waals surface area contributed by atoms with Gasteiger partial charge in [0.05, 0.1) is 6.61 Å². The molecular weight excluding hydrogens is 164 g/mol. The molecule has 0 saturated heterocycles. The summed E-state index contributed by atoms with van der Waals surface area (Å²) in [6.07, 6.45) is 1.44. The van der Waals surface area contributed by atoms with Crippen LogP contribution in [-0.4, -0.2) is 23.7 Å². The van der Waals surface area contributed by atoms with Gasteiger partial charge < -0.3 is 5.11 Å². The number of aliphatic carboxylic acids is 1. The van der Waals surface area contributed by atoms with E-state index in [9.17, 15) is 9.59 Å². The highest BCUT2D eigenvalue weighted by Crippen LogP contribution is 1.89. The number of carbonyl (C=O) groups excluding carboxylic acids is 1. The van der Waals surface area contributed by atoms with E-state index in [2.05, 4.69) is 16.4 Å². The Bertz CT molecular complexity index is 175. The van der Waals surface area contributed by atoms with Crippen LogP contribution < -0.4 is 0 Å². The smallest absolute Gasteiger partial charge is 0.353 e. The molecule has 0 aromatic heterocycles. The molecule has 0 aliphatic rings. The van der Waals surface area contributed by atoms with Gasteiger partial charge in [-0.1, -0.05) is 6.08 Å². The first-order valence-corrected chi connectivity index (χ1v) is 3.31. The molecular formula is C7H10O5. The fourth-order valence-electron chi connectivity index (χ4n) is 0.392. The Morgan fingerprint density at radius 1 is 1.50 bits per heavy atom. The van der Waals surface area contributed by atoms with E-state index in [4.69, 9.17) is 5.11 Å². The summed E-state index contributed by atoms with van der Waals surface area (Å²) in [5.41, 5.74) is 0. The molecule has 5 nitrogen and oxygen atoms in total. The minimum Gasteiger partial charge on any atom is -0.481 e. The molecule has 0 atom stereocenters. The average Bonchev–Trinajstić information content (AvgIpc) is 1.97. The molecule has 0 bridgehead atoms. The van der Waals surface area contributed by atoms with Crippen molar-refractivity contribution in [3.8, 4) is 0 Å². The van der Waals surface area contributed by atoms with Crippen molar-refractivity contribution in [2.75, 3.05) is 6.61 Å². The SMILES string of the molecule is C=CCCOOC(=O)CC(=O)O. The normalized spacial score (nSPS) is 9.00. The van der Waals surface area contributed by atoms with Crippen LogP contribution in [0.4, 0.5) is 0 Å². The third kappa shape index (κ3) is 6.76. The minimum absolute atomic E-state index is 0.189. The zero-order chi connectivity index (χ0) is 9.40. The average molecular weight is 174 g/mol. The zero-order valence-electron chi connectivity index (χ0n) is 6.49. The lowest BCUT2D eigenvalue weighted by Gasteiger charge is -1.99. The molecule has 1 N–H and O–H groups in total. The molecule has 0 radical (unpaired) electrons. The van der Waals surface area contributed by atoms with Crippen LogP contribution in [0.15, 0.2) is 12.7 Å². The highest BCUT2D eigenvalue weighted by atomic mass is 17.2. The molecule has 0 amide bonds.